The number of aliphatic carboxylic acids is 1. The highest BCUT2D eigenvalue weighted by atomic mass is 35.5. The molecule has 0 aromatic carbocycles. The van der Waals surface area contributed by atoms with Crippen LogP contribution in [0.5, 0.6) is 0 Å². The Morgan fingerprint density at radius 3 is 2.40 bits per heavy atom. The van der Waals surface area contributed by atoms with Crippen molar-refractivity contribution in [3.05, 3.63) is 0 Å². The summed E-state index contributed by atoms with van der Waals surface area (Å²) >= 11 is 0. The summed E-state index contributed by atoms with van der Waals surface area (Å²) in [6.45, 7) is 3.77. The van der Waals surface area contributed by atoms with Gasteiger partial charge in [-0.3, -0.25) is 19.8 Å². The predicted molar refractivity (Wildman–Crippen MR) is 75.9 cm³/mol. The number of imide groups is 1. The number of amides is 3. The van der Waals surface area contributed by atoms with Crippen molar-refractivity contribution >= 4 is 30.3 Å². The van der Waals surface area contributed by atoms with Crippen LogP contribution in [0.15, 0.2) is 0 Å². The molecule has 0 radical (unpaired) electrons. The molecule has 20 heavy (non-hydrogen) atoms. The van der Waals surface area contributed by atoms with Crippen LogP contribution in [-0.4, -0.2) is 53.1 Å². The van der Waals surface area contributed by atoms with Crippen molar-refractivity contribution in [2.75, 3.05) is 13.1 Å². The van der Waals surface area contributed by atoms with Gasteiger partial charge in [-0.05, 0) is 32.7 Å². The summed E-state index contributed by atoms with van der Waals surface area (Å²) in [5.74, 6) is -1.47. The van der Waals surface area contributed by atoms with E-state index in [1.165, 1.54) is 4.90 Å². The molecule has 0 aliphatic heterocycles. The third-order valence-electron chi connectivity index (χ3n) is 2.93. The number of carboxylic acids is 1. The maximum Gasteiger partial charge on any atom is 0.321 e. The quantitative estimate of drug-likeness (QED) is 0.639. The second kappa shape index (κ2) is 8.76. The van der Waals surface area contributed by atoms with Gasteiger partial charge in [0.1, 0.15) is 0 Å². The number of nitrogens with one attached hydrogen (secondary N) is 2. The summed E-state index contributed by atoms with van der Waals surface area (Å²) in [5, 5.41) is 13.7. The molecule has 0 saturated heterocycles. The van der Waals surface area contributed by atoms with Gasteiger partial charge in [0.2, 0.25) is 5.91 Å². The highest BCUT2D eigenvalue weighted by molar-refractivity contribution is 5.97. The van der Waals surface area contributed by atoms with Crippen molar-refractivity contribution in [2.24, 2.45) is 0 Å². The topological polar surface area (TPSA) is 98.7 Å². The number of carbonyl (C=O) groups excluding carboxylic acids is 2. The summed E-state index contributed by atoms with van der Waals surface area (Å²) in [4.78, 5) is 35.5. The molecule has 116 valence electrons. The molecule has 1 aliphatic carbocycles. The molecule has 1 unspecified atom stereocenters. The lowest BCUT2D eigenvalue weighted by Crippen LogP contribution is -2.51. The van der Waals surface area contributed by atoms with Crippen molar-refractivity contribution in [1.82, 2.24) is 15.5 Å². The van der Waals surface area contributed by atoms with Crippen LogP contribution in [0.1, 0.15) is 33.1 Å². The van der Waals surface area contributed by atoms with Gasteiger partial charge in [-0.25, -0.2) is 4.79 Å². The standard InChI is InChI=1S/C12H21N3O4.ClH/c1-3-6-15(7-10(16)17)8(2)11(18)14-12(19)13-9-4-5-9;/h8-9H,3-7H2,1-2H3,(H,16,17)(H2,13,14,18,19);1H. The lowest BCUT2D eigenvalue weighted by molar-refractivity contribution is -0.139. The van der Waals surface area contributed by atoms with Crippen molar-refractivity contribution < 1.29 is 19.5 Å². The fourth-order valence-corrected chi connectivity index (χ4v) is 1.70. The molecule has 1 aliphatic rings. The van der Waals surface area contributed by atoms with Crippen LogP contribution in [0, 0.1) is 0 Å². The summed E-state index contributed by atoms with van der Waals surface area (Å²) in [6, 6.07) is -0.985. The number of nitrogens with zero attached hydrogens (tertiary/aromatic N) is 1. The summed E-state index contributed by atoms with van der Waals surface area (Å²) in [5.41, 5.74) is 0. The minimum Gasteiger partial charge on any atom is -0.480 e. The monoisotopic (exact) mass is 307 g/mol. The van der Waals surface area contributed by atoms with Crippen LogP contribution in [0.2, 0.25) is 0 Å². The van der Waals surface area contributed by atoms with Crippen LogP contribution in [0.3, 0.4) is 0 Å². The van der Waals surface area contributed by atoms with Gasteiger partial charge < -0.3 is 10.4 Å². The van der Waals surface area contributed by atoms with Gasteiger partial charge >= 0.3 is 12.0 Å². The molecule has 3 amide bonds. The van der Waals surface area contributed by atoms with E-state index in [-0.39, 0.29) is 25.0 Å². The third kappa shape index (κ3) is 6.72. The Hall–Kier alpha value is -1.34. The van der Waals surface area contributed by atoms with E-state index < -0.39 is 23.9 Å². The van der Waals surface area contributed by atoms with E-state index >= 15 is 0 Å². The molecule has 8 heteroatoms. The summed E-state index contributed by atoms with van der Waals surface area (Å²) in [7, 11) is 0. The van der Waals surface area contributed by atoms with Gasteiger partial charge in [0.05, 0.1) is 12.6 Å². The van der Waals surface area contributed by atoms with Gasteiger partial charge in [0.15, 0.2) is 0 Å². The zero-order valence-electron chi connectivity index (χ0n) is 11.7. The minimum absolute atomic E-state index is 0. The van der Waals surface area contributed by atoms with Crippen LogP contribution in [0.4, 0.5) is 4.79 Å². The molecule has 0 heterocycles. The molecule has 0 bridgehead atoms. The molecule has 3 N–H and O–H groups in total. The summed E-state index contributed by atoms with van der Waals surface area (Å²) in [6.07, 6.45) is 2.62. The fourth-order valence-electron chi connectivity index (χ4n) is 1.70. The van der Waals surface area contributed by atoms with Crippen LogP contribution in [-0.2, 0) is 9.59 Å². The molecule has 0 spiro atoms. The lowest BCUT2D eigenvalue weighted by atomic mass is 10.2. The van der Waals surface area contributed by atoms with Crippen LogP contribution in [0.25, 0.3) is 0 Å². The van der Waals surface area contributed by atoms with Gasteiger partial charge in [-0.15, -0.1) is 12.4 Å². The molecule has 1 atom stereocenters. The van der Waals surface area contributed by atoms with E-state index in [1.807, 2.05) is 6.92 Å². The average molecular weight is 308 g/mol. The van der Waals surface area contributed by atoms with Crippen molar-refractivity contribution in [1.29, 1.82) is 0 Å². The zero-order chi connectivity index (χ0) is 14.4. The molecular formula is C12H22ClN3O4. The highest BCUT2D eigenvalue weighted by Gasteiger charge is 2.27. The SMILES string of the molecule is CCCN(CC(=O)O)C(C)C(=O)NC(=O)NC1CC1.Cl. The Morgan fingerprint density at radius 2 is 1.95 bits per heavy atom. The van der Waals surface area contributed by atoms with E-state index in [4.69, 9.17) is 5.11 Å². The van der Waals surface area contributed by atoms with E-state index in [1.54, 1.807) is 6.92 Å². The van der Waals surface area contributed by atoms with Gasteiger partial charge in [-0.1, -0.05) is 6.92 Å². The second-order valence-corrected chi connectivity index (χ2v) is 4.78. The molecule has 0 aromatic rings. The Labute approximate surface area is 124 Å². The second-order valence-electron chi connectivity index (χ2n) is 4.78. The number of halogens is 1. The first kappa shape index (κ1) is 18.7. The molecule has 7 nitrogen and oxygen atoms in total. The molecule has 1 rings (SSSR count). The van der Waals surface area contributed by atoms with Gasteiger partial charge in [-0.2, -0.15) is 0 Å². The zero-order valence-corrected chi connectivity index (χ0v) is 12.5. The first-order chi connectivity index (χ1) is 8.93. The first-order valence-electron chi connectivity index (χ1n) is 6.51. The van der Waals surface area contributed by atoms with Crippen molar-refractivity contribution in [3.63, 3.8) is 0 Å². The number of rotatable bonds is 7. The fraction of sp³-hybridized carbons (Fsp3) is 0.750. The third-order valence-corrected chi connectivity index (χ3v) is 2.93. The summed E-state index contributed by atoms with van der Waals surface area (Å²) < 4.78 is 0. The van der Waals surface area contributed by atoms with Crippen LogP contribution >= 0.6 is 12.4 Å². The molecule has 1 saturated carbocycles. The van der Waals surface area contributed by atoms with E-state index in [2.05, 4.69) is 10.6 Å². The number of urea groups is 1. The average Bonchev–Trinajstić information content (AvgIpc) is 3.10. The van der Waals surface area contributed by atoms with Gasteiger partial charge in [0, 0.05) is 6.04 Å². The normalized spacial score (nSPS) is 15.2. The number of hydrogen-bond acceptors (Lipinski definition) is 4. The Balaban J connectivity index is 0.00000361. The molecule has 0 aromatic heterocycles. The Morgan fingerprint density at radius 1 is 1.35 bits per heavy atom. The maximum atomic E-state index is 11.8. The smallest absolute Gasteiger partial charge is 0.321 e. The lowest BCUT2D eigenvalue weighted by Gasteiger charge is -2.25. The molecular weight excluding hydrogens is 286 g/mol. The van der Waals surface area contributed by atoms with Crippen molar-refractivity contribution in [3.8, 4) is 0 Å². The van der Waals surface area contributed by atoms with E-state index in [0.29, 0.717) is 6.54 Å². The number of hydrogen-bond donors (Lipinski definition) is 3. The Kier molecular flexibility index (Phi) is 8.17. The van der Waals surface area contributed by atoms with Gasteiger partial charge in [0.25, 0.3) is 0 Å². The molecule has 1 fully saturated rings. The largest absolute Gasteiger partial charge is 0.480 e. The van der Waals surface area contributed by atoms with E-state index in [0.717, 1.165) is 19.3 Å². The Bertz CT molecular complexity index is 361. The number of carbonyl (C=O) groups is 3. The van der Waals surface area contributed by atoms with Crippen molar-refractivity contribution in [2.45, 2.75) is 45.2 Å². The minimum atomic E-state index is -0.990. The first-order valence-corrected chi connectivity index (χ1v) is 6.51. The highest BCUT2D eigenvalue weighted by Crippen LogP contribution is 2.18. The predicted octanol–water partition coefficient (Wildman–Crippen LogP) is 0.581. The van der Waals surface area contributed by atoms with E-state index in [9.17, 15) is 14.4 Å². The maximum absolute atomic E-state index is 11.8. The number of carboxylic acid groups (broad SMARTS) is 1. The van der Waals surface area contributed by atoms with Crippen LogP contribution < -0.4 is 10.6 Å².